The van der Waals surface area contributed by atoms with Gasteiger partial charge in [0, 0.05) is 14.2 Å². The van der Waals surface area contributed by atoms with Crippen molar-refractivity contribution in [2.24, 2.45) is 0 Å². The number of unbranched alkanes of at least 4 members (excludes halogenated alkanes) is 5. The highest BCUT2D eigenvalue weighted by Crippen LogP contribution is 2.19. The molecule has 17 heavy (non-hydrogen) atoms. The Morgan fingerprint density at radius 3 is 2.06 bits per heavy atom. The normalized spacial score (nSPS) is 19.6. The van der Waals surface area contributed by atoms with Crippen LogP contribution in [0.4, 0.5) is 0 Å². The molecule has 0 spiro atoms. The van der Waals surface area contributed by atoms with E-state index in [4.69, 9.17) is 13.6 Å². The lowest BCUT2D eigenvalue weighted by molar-refractivity contribution is 0.248. The van der Waals surface area contributed by atoms with E-state index in [2.05, 4.69) is 6.55 Å². The summed E-state index contributed by atoms with van der Waals surface area (Å²) in [6.07, 6.45) is 9.87. The Balaban J connectivity index is 1.82. The van der Waals surface area contributed by atoms with Gasteiger partial charge in [0.25, 0.3) is 0 Å². The molecular formula is C13H28O3Si. The van der Waals surface area contributed by atoms with Crippen LogP contribution in [0, 0.1) is 0 Å². The SMILES string of the molecule is CO[Si](C)(CCCCCCCCC1CO1)OC. The van der Waals surface area contributed by atoms with E-state index >= 15 is 0 Å². The maximum absolute atomic E-state index is 5.47. The minimum atomic E-state index is -1.80. The molecule has 0 bridgehead atoms. The van der Waals surface area contributed by atoms with Gasteiger partial charge in [-0.3, -0.25) is 0 Å². The molecule has 1 fully saturated rings. The van der Waals surface area contributed by atoms with Crippen molar-refractivity contribution in [2.75, 3.05) is 20.8 Å². The predicted molar refractivity (Wildman–Crippen MR) is 72.5 cm³/mol. The van der Waals surface area contributed by atoms with E-state index in [0.717, 1.165) is 12.7 Å². The van der Waals surface area contributed by atoms with Crippen LogP contribution in [0.5, 0.6) is 0 Å². The Morgan fingerprint density at radius 2 is 1.53 bits per heavy atom. The standard InChI is InChI=1S/C13H28O3Si/c1-14-17(3,15-2)11-9-7-5-4-6-8-10-13-12-16-13/h13H,4-12H2,1-3H3. The van der Waals surface area contributed by atoms with Crippen LogP contribution >= 0.6 is 0 Å². The van der Waals surface area contributed by atoms with Gasteiger partial charge in [0.2, 0.25) is 0 Å². The average molecular weight is 260 g/mol. The van der Waals surface area contributed by atoms with Crippen LogP contribution in [0.1, 0.15) is 44.9 Å². The lowest BCUT2D eigenvalue weighted by Crippen LogP contribution is -2.35. The van der Waals surface area contributed by atoms with E-state index < -0.39 is 8.56 Å². The van der Waals surface area contributed by atoms with Crippen molar-refractivity contribution in [3.63, 3.8) is 0 Å². The first-order valence-electron chi connectivity index (χ1n) is 6.92. The van der Waals surface area contributed by atoms with Crippen LogP contribution in [0.25, 0.3) is 0 Å². The Hall–Kier alpha value is 0.0969. The number of rotatable bonds is 11. The van der Waals surface area contributed by atoms with Gasteiger partial charge in [0.1, 0.15) is 0 Å². The van der Waals surface area contributed by atoms with E-state index in [1.54, 1.807) is 14.2 Å². The van der Waals surface area contributed by atoms with Crippen molar-refractivity contribution in [1.82, 2.24) is 0 Å². The quantitative estimate of drug-likeness (QED) is 0.324. The molecule has 0 aromatic rings. The highest BCUT2D eigenvalue weighted by atomic mass is 28.4. The summed E-state index contributed by atoms with van der Waals surface area (Å²) in [5.41, 5.74) is 0. The van der Waals surface area contributed by atoms with Crippen LogP contribution in [0.3, 0.4) is 0 Å². The Morgan fingerprint density at radius 1 is 1.00 bits per heavy atom. The molecule has 1 heterocycles. The zero-order chi connectivity index (χ0) is 12.6. The van der Waals surface area contributed by atoms with Crippen LogP contribution in [-0.4, -0.2) is 35.5 Å². The summed E-state index contributed by atoms with van der Waals surface area (Å²) in [4.78, 5) is 0. The number of ether oxygens (including phenoxy) is 1. The fraction of sp³-hybridized carbons (Fsp3) is 1.00. The van der Waals surface area contributed by atoms with Gasteiger partial charge in [-0.25, -0.2) is 0 Å². The summed E-state index contributed by atoms with van der Waals surface area (Å²) in [7, 11) is 1.75. The Labute approximate surface area is 107 Å². The molecule has 102 valence electrons. The van der Waals surface area contributed by atoms with Gasteiger partial charge < -0.3 is 13.6 Å². The molecule has 0 aromatic heterocycles. The molecule has 0 aromatic carbocycles. The van der Waals surface area contributed by atoms with Gasteiger partial charge in [-0.05, 0) is 19.0 Å². The topological polar surface area (TPSA) is 31.0 Å². The second kappa shape index (κ2) is 8.24. The van der Waals surface area contributed by atoms with Crippen molar-refractivity contribution in [3.8, 4) is 0 Å². The van der Waals surface area contributed by atoms with E-state index in [9.17, 15) is 0 Å². The minimum absolute atomic E-state index is 0.616. The molecule has 1 unspecified atom stereocenters. The van der Waals surface area contributed by atoms with Gasteiger partial charge in [0.05, 0.1) is 12.7 Å². The van der Waals surface area contributed by atoms with E-state index in [-0.39, 0.29) is 0 Å². The third kappa shape index (κ3) is 7.19. The second-order valence-electron chi connectivity index (χ2n) is 5.16. The van der Waals surface area contributed by atoms with Crippen molar-refractivity contribution < 1.29 is 13.6 Å². The summed E-state index contributed by atoms with van der Waals surface area (Å²) in [6.45, 7) is 3.15. The first-order chi connectivity index (χ1) is 8.20. The third-order valence-corrected chi connectivity index (χ3v) is 6.66. The predicted octanol–water partition coefficient (Wildman–Crippen LogP) is 3.48. The van der Waals surface area contributed by atoms with Gasteiger partial charge in [-0.2, -0.15) is 0 Å². The maximum Gasteiger partial charge on any atom is 0.334 e. The van der Waals surface area contributed by atoms with Crippen molar-refractivity contribution in [2.45, 2.75) is 63.6 Å². The number of hydrogen-bond donors (Lipinski definition) is 0. The lowest BCUT2D eigenvalue weighted by atomic mass is 10.1. The van der Waals surface area contributed by atoms with Crippen LogP contribution in [-0.2, 0) is 13.6 Å². The molecule has 0 aliphatic carbocycles. The number of hydrogen-bond acceptors (Lipinski definition) is 3. The molecule has 1 saturated heterocycles. The zero-order valence-electron chi connectivity index (χ0n) is 11.7. The first kappa shape index (κ1) is 15.2. The van der Waals surface area contributed by atoms with Crippen molar-refractivity contribution in [3.05, 3.63) is 0 Å². The molecule has 0 amide bonds. The minimum Gasteiger partial charge on any atom is -0.398 e. The summed E-state index contributed by atoms with van der Waals surface area (Å²) < 4.78 is 16.1. The van der Waals surface area contributed by atoms with Crippen LogP contribution < -0.4 is 0 Å². The largest absolute Gasteiger partial charge is 0.398 e. The molecule has 0 radical (unpaired) electrons. The Kier molecular flexibility index (Phi) is 7.35. The first-order valence-corrected chi connectivity index (χ1v) is 9.44. The highest BCUT2D eigenvalue weighted by molar-refractivity contribution is 6.65. The monoisotopic (exact) mass is 260 g/mol. The van der Waals surface area contributed by atoms with E-state index in [1.165, 1.54) is 44.9 Å². The second-order valence-corrected chi connectivity index (χ2v) is 8.74. The number of epoxide rings is 1. The van der Waals surface area contributed by atoms with Gasteiger partial charge in [-0.15, -0.1) is 0 Å². The maximum atomic E-state index is 5.47. The van der Waals surface area contributed by atoms with Gasteiger partial charge >= 0.3 is 8.56 Å². The summed E-state index contributed by atoms with van der Waals surface area (Å²) in [6, 6.07) is 1.12. The summed E-state index contributed by atoms with van der Waals surface area (Å²) in [5, 5.41) is 0. The van der Waals surface area contributed by atoms with Crippen molar-refractivity contribution >= 4 is 8.56 Å². The van der Waals surface area contributed by atoms with E-state index in [0.29, 0.717) is 6.10 Å². The third-order valence-electron chi connectivity index (χ3n) is 3.67. The Bertz CT molecular complexity index is 191. The molecule has 1 atom stereocenters. The molecule has 4 heteroatoms. The van der Waals surface area contributed by atoms with Gasteiger partial charge in [0.15, 0.2) is 0 Å². The fourth-order valence-electron chi connectivity index (χ4n) is 2.05. The summed E-state index contributed by atoms with van der Waals surface area (Å²) in [5.74, 6) is 0. The lowest BCUT2D eigenvalue weighted by Gasteiger charge is -2.22. The van der Waals surface area contributed by atoms with Crippen LogP contribution in [0.2, 0.25) is 12.6 Å². The highest BCUT2D eigenvalue weighted by Gasteiger charge is 2.27. The molecule has 1 aliphatic heterocycles. The summed E-state index contributed by atoms with van der Waals surface area (Å²) >= 11 is 0. The van der Waals surface area contributed by atoms with Crippen LogP contribution in [0.15, 0.2) is 0 Å². The fourth-order valence-corrected chi connectivity index (χ4v) is 3.51. The average Bonchev–Trinajstić information content (AvgIpc) is 3.16. The molecule has 0 saturated carbocycles. The molecule has 1 rings (SSSR count). The van der Waals surface area contributed by atoms with Crippen molar-refractivity contribution in [1.29, 1.82) is 0 Å². The molecule has 1 aliphatic rings. The smallest absolute Gasteiger partial charge is 0.334 e. The zero-order valence-corrected chi connectivity index (χ0v) is 12.7. The van der Waals surface area contributed by atoms with E-state index in [1.807, 2.05) is 0 Å². The van der Waals surface area contributed by atoms with Gasteiger partial charge in [-0.1, -0.05) is 38.5 Å². The molecule has 3 nitrogen and oxygen atoms in total. The molecular weight excluding hydrogens is 232 g/mol. The molecule has 0 N–H and O–H groups in total.